The molecule has 24 heavy (non-hydrogen) atoms. The molecule has 0 radical (unpaired) electrons. The summed E-state index contributed by atoms with van der Waals surface area (Å²) in [5, 5.41) is 6.70. The molecule has 0 saturated heterocycles. The zero-order chi connectivity index (χ0) is 17.1. The van der Waals surface area contributed by atoms with Gasteiger partial charge in [0.15, 0.2) is 5.89 Å². The second-order valence-electron chi connectivity index (χ2n) is 5.26. The molecule has 1 N–H and O–H groups in total. The number of aryl methyl sites for hydroxylation is 2. The molecule has 3 heterocycles. The molecule has 3 aromatic rings. The fourth-order valence-corrected chi connectivity index (χ4v) is 2.17. The van der Waals surface area contributed by atoms with Gasteiger partial charge in [-0.05, 0) is 26.0 Å². The number of nitrogens with one attached hydrogen (secondary N) is 1. The number of oxazole rings is 1. The average Bonchev–Trinajstić information content (AvgIpc) is 3.22. The third-order valence-electron chi connectivity index (χ3n) is 3.45. The first kappa shape index (κ1) is 15.9. The van der Waals surface area contributed by atoms with Crippen LogP contribution in [0.5, 0.6) is 0 Å². The van der Waals surface area contributed by atoms with Gasteiger partial charge in [-0.15, -0.1) is 0 Å². The molecule has 0 fully saturated rings. The monoisotopic (exact) mass is 327 g/mol. The molecular weight excluding hydrogens is 310 g/mol. The molecule has 0 aromatic carbocycles. The van der Waals surface area contributed by atoms with Crippen molar-refractivity contribution in [3.05, 3.63) is 47.8 Å². The number of amides is 1. The number of hydrogen-bond donors (Lipinski definition) is 1. The number of hydrogen-bond acceptors (Lipinski definition) is 7. The summed E-state index contributed by atoms with van der Waals surface area (Å²) in [6, 6.07) is 3.10. The van der Waals surface area contributed by atoms with Crippen molar-refractivity contribution in [3.8, 4) is 11.4 Å². The van der Waals surface area contributed by atoms with Gasteiger partial charge in [0.2, 0.25) is 17.5 Å². The predicted molar refractivity (Wildman–Crippen MR) is 84.0 cm³/mol. The summed E-state index contributed by atoms with van der Waals surface area (Å²) in [4.78, 5) is 24.7. The molecule has 0 aliphatic rings. The summed E-state index contributed by atoms with van der Waals surface area (Å²) < 4.78 is 10.7. The Hall–Kier alpha value is -3.03. The van der Waals surface area contributed by atoms with E-state index in [0.717, 1.165) is 5.56 Å². The number of aromatic nitrogens is 4. The molecule has 1 unspecified atom stereocenters. The highest BCUT2D eigenvalue weighted by Crippen LogP contribution is 2.18. The summed E-state index contributed by atoms with van der Waals surface area (Å²) in [6.45, 7) is 5.40. The first-order chi connectivity index (χ1) is 11.6. The number of pyridine rings is 1. The second kappa shape index (κ2) is 6.61. The average molecular weight is 327 g/mol. The van der Waals surface area contributed by atoms with Crippen LogP contribution < -0.4 is 5.32 Å². The molecule has 0 bridgehead atoms. The van der Waals surface area contributed by atoms with E-state index in [9.17, 15) is 4.79 Å². The van der Waals surface area contributed by atoms with E-state index in [4.69, 9.17) is 8.94 Å². The highest BCUT2D eigenvalue weighted by atomic mass is 16.5. The van der Waals surface area contributed by atoms with Crippen molar-refractivity contribution in [2.45, 2.75) is 33.2 Å². The maximum atomic E-state index is 12.3. The lowest BCUT2D eigenvalue weighted by atomic mass is 10.2. The third-order valence-corrected chi connectivity index (χ3v) is 3.45. The Labute approximate surface area is 138 Å². The highest BCUT2D eigenvalue weighted by Gasteiger charge is 2.22. The topological polar surface area (TPSA) is 107 Å². The molecule has 1 amide bonds. The van der Waals surface area contributed by atoms with Gasteiger partial charge in [0, 0.05) is 24.4 Å². The van der Waals surface area contributed by atoms with Crippen molar-refractivity contribution < 1.29 is 13.7 Å². The molecule has 8 nitrogen and oxygen atoms in total. The van der Waals surface area contributed by atoms with Crippen LogP contribution in [-0.2, 0) is 6.42 Å². The standard InChI is InChI=1S/C16H17N5O3/c1-4-12-18-9(2)13(23-12)15(22)19-10(3)16-20-14(21-24-16)11-5-7-17-8-6-11/h5-8,10H,4H2,1-3H3,(H,19,22). The van der Waals surface area contributed by atoms with Crippen LogP contribution in [-0.4, -0.2) is 26.0 Å². The number of rotatable bonds is 5. The van der Waals surface area contributed by atoms with Crippen LogP contribution in [0.15, 0.2) is 33.5 Å². The normalized spacial score (nSPS) is 12.1. The Balaban J connectivity index is 1.73. The number of carbonyl (C=O) groups excluding carboxylic acids is 1. The Morgan fingerprint density at radius 1 is 1.29 bits per heavy atom. The molecular formula is C16H17N5O3. The van der Waals surface area contributed by atoms with Crippen molar-refractivity contribution in [1.29, 1.82) is 0 Å². The molecule has 0 spiro atoms. The molecule has 1 atom stereocenters. The van der Waals surface area contributed by atoms with Gasteiger partial charge in [-0.25, -0.2) is 4.98 Å². The SMILES string of the molecule is CCc1nc(C)c(C(=O)NC(C)c2nc(-c3ccncc3)no2)o1. The van der Waals surface area contributed by atoms with Crippen LogP contribution in [0.3, 0.4) is 0 Å². The molecule has 0 aliphatic heterocycles. The lowest BCUT2D eigenvalue weighted by Gasteiger charge is -2.07. The fourth-order valence-electron chi connectivity index (χ4n) is 2.17. The van der Waals surface area contributed by atoms with Gasteiger partial charge in [0.1, 0.15) is 6.04 Å². The molecule has 3 aromatic heterocycles. The summed E-state index contributed by atoms with van der Waals surface area (Å²) >= 11 is 0. The molecule has 8 heteroatoms. The van der Waals surface area contributed by atoms with Crippen molar-refractivity contribution in [2.24, 2.45) is 0 Å². The van der Waals surface area contributed by atoms with Crippen molar-refractivity contribution in [1.82, 2.24) is 25.4 Å². The minimum Gasteiger partial charge on any atom is -0.435 e. The van der Waals surface area contributed by atoms with E-state index < -0.39 is 6.04 Å². The van der Waals surface area contributed by atoms with Gasteiger partial charge in [-0.1, -0.05) is 12.1 Å². The van der Waals surface area contributed by atoms with E-state index in [0.29, 0.717) is 29.7 Å². The lowest BCUT2D eigenvalue weighted by Crippen LogP contribution is -2.27. The van der Waals surface area contributed by atoms with E-state index >= 15 is 0 Å². The van der Waals surface area contributed by atoms with Crippen molar-refractivity contribution >= 4 is 5.91 Å². The van der Waals surface area contributed by atoms with Crippen LogP contribution >= 0.6 is 0 Å². The maximum absolute atomic E-state index is 12.3. The minimum absolute atomic E-state index is 0.201. The molecule has 124 valence electrons. The largest absolute Gasteiger partial charge is 0.435 e. The second-order valence-corrected chi connectivity index (χ2v) is 5.26. The van der Waals surface area contributed by atoms with Gasteiger partial charge in [0.25, 0.3) is 5.91 Å². The van der Waals surface area contributed by atoms with Gasteiger partial charge in [-0.3, -0.25) is 9.78 Å². The predicted octanol–water partition coefficient (Wildman–Crippen LogP) is 2.48. The Bertz CT molecular complexity index is 841. The van der Waals surface area contributed by atoms with Gasteiger partial charge in [0.05, 0.1) is 5.69 Å². The summed E-state index contributed by atoms with van der Waals surface area (Å²) in [7, 11) is 0. The van der Waals surface area contributed by atoms with Crippen LogP contribution in [0.2, 0.25) is 0 Å². The summed E-state index contributed by atoms with van der Waals surface area (Å²) in [5.74, 6) is 1.12. The van der Waals surface area contributed by atoms with Crippen molar-refractivity contribution in [2.75, 3.05) is 0 Å². The van der Waals surface area contributed by atoms with Gasteiger partial charge >= 0.3 is 0 Å². The first-order valence-electron chi connectivity index (χ1n) is 7.59. The van der Waals surface area contributed by atoms with Crippen molar-refractivity contribution in [3.63, 3.8) is 0 Å². The van der Waals surface area contributed by atoms with Gasteiger partial charge < -0.3 is 14.3 Å². The minimum atomic E-state index is -0.463. The van der Waals surface area contributed by atoms with Crippen LogP contribution in [0, 0.1) is 6.92 Å². The maximum Gasteiger partial charge on any atom is 0.289 e. The quantitative estimate of drug-likeness (QED) is 0.767. The van der Waals surface area contributed by atoms with E-state index in [2.05, 4.69) is 25.4 Å². The van der Waals surface area contributed by atoms with E-state index in [1.54, 1.807) is 38.4 Å². The zero-order valence-electron chi connectivity index (χ0n) is 13.6. The zero-order valence-corrected chi connectivity index (χ0v) is 13.6. The summed E-state index contributed by atoms with van der Waals surface area (Å²) in [6.07, 6.45) is 3.92. The Morgan fingerprint density at radius 3 is 2.71 bits per heavy atom. The smallest absolute Gasteiger partial charge is 0.289 e. The summed E-state index contributed by atoms with van der Waals surface area (Å²) in [5.41, 5.74) is 1.34. The van der Waals surface area contributed by atoms with E-state index in [-0.39, 0.29) is 11.7 Å². The number of carbonyl (C=O) groups is 1. The highest BCUT2D eigenvalue weighted by molar-refractivity contribution is 5.92. The fraction of sp³-hybridized carbons (Fsp3) is 0.312. The molecule has 3 rings (SSSR count). The first-order valence-corrected chi connectivity index (χ1v) is 7.59. The van der Waals surface area contributed by atoms with Gasteiger partial charge in [-0.2, -0.15) is 4.98 Å². The van der Waals surface area contributed by atoms with Crippen LogP contribution in [0.4, 0.5) is 0 Å². The molecule has 0 saturated carbocycles. The third kappa shape index (κ3) is 3.17. The Kier molecular flexibility index (Phi) is 4.37. The van der Waals surface area contributed by atoms with E-state index in [1.165, 1.54) is 0 Å². The van der Waals surface area contributed by atoms with Crippen LogP contribution in [0.1, 0.15) is 47.9 Å². The number of nitrogens with zero attached hydrogens (tertiary/aromatic N) is 4. The molecule has 0 aliphatic carbocycles. The Morgan fingerprint density at radius 2 is 2.04 bits per heavy atom. The van der Waals surface area contributed by atoms with Crippen LogP contribution in [0.25, 0.3) is 11.4 Å². The van der Waals surface area contributed by atoms with E-state index in [1.807, 2.05) is 6.92 Å². The lowest BCUT2D eigenvalue weighted by molar-refractivity contribution is 0.0902.